The van der Waals surface area contributed by atoms with Crippen LogP contribution in [0.25, 0.3) is 0 Å². The van der Waals surface area contributed by atoms with E-state index in [-0.39, 0.29) is 25.4 Å². The van der Waals surface area contributed by atoms with Crippen LogP contribution in [0.15, 0.2) is 18.2 Å². The number of ether oxygens (including phenoxy) is 2. The van der Waals surface area contributed by atoms with Crippen LogP contribution in [0.3, 0.4) is 0 Å². The summed E-state index contributed by atoms with van der Waals surface area (Å²) in [7, 11) is -3.08. The van der Waals surface area contributed by atoms with E-state index in [1.165, 1.54) is 95.6 Å². The van der Waals surface area contributed by atoms with Crippen LogP contribution < -0.4 is 0 Å². The zero-order valence-corrected chi connectivity index (χ0v) is 24.4. The van der Waals surface area contributed by atoms with Crippen LogP contribution in [0.5, 0.6) is 0 Å². The highest BCUT2D eigenvalue weighted by atomic mass is 31.2. The standard InChI is InChI=1S/C29H49FNO6P/c1-3-4-5-6-7-8-9-10-11-12-13-14-15-16-17-18-35-24-29(25-37-38(32,33)34-2)36-23-27-19-26(22-31)20-28(30)21-27/h19-21,29H,3-18,23-25H2,1-2H3,(H,32,33)/t29-/m1/s1. The largest absolute Gasteiger partial charge is 0.472 e. The maximum absolute atomic E-state index is 13.7. The van der Waals surface area contributed by atoms with Gasteiger partial charge in [-0.1, -0.05) is 96.8 Å². The molecule has 38 heavy (non-hydrogen) atoms. The second-order valence-electron chi connectivity index (χ2n) is 9.86. The van der Waals surface area contributed by atoms with E-state index in [1.807, 2.05) is 6.07 Å². The van der Waals surface area contributed by atoms with Crippen LogP contribution in [-0.4, -0.2) is 37.9 Å². The quantitative estimate of drug-likeness (QED) is 0.0955. The van der Waals surface area contributed by atoms with Crippen molar-refractivity contribution in [2.75, 3.05) is 26.9 Å². The predicted octanol–water partition coefficient (Wildman–Crippen LogP) is 8.23. The Morgan fingerprint density at radius 3 is 1.97 bits per heavy atom. The van der Waals surface area contributed by atoms with E-state index in [4.69, 9.17) is 19.3 Å². The lowest BCUT2D eigenvalue weighted by atomic mass is 10.0. The van der Waals surface area contributed by atoms with Gasteiger partial charge in [-0.2, -0.15) is 5.26 Å². The molecule has 0 saturated heterocycles. The minimum absolute atomic E-state index is 0.00545. The Labute approximate surface area is 229 Å². The van der Waals surface area contributed by atoms with Gasteiger partial charge in [0.1, 0.15) is 11.9 Å². The van der Waals surface area contributed by atoms with Crippen molar-refractivity contribution in [3.63, 3.8) is 0 Å². The summed E-state index contributed by atoms with van der Waals surface area (Å²) in [6.07, 6.45) is 18.8. The highest BCUT2D eigenvalue weighted by molar-refractivity contribution is 7.47. The molecule has 0 saturated carbocycles. The van der Waals surface area contributed by atoms with Crippen LogP contribution >= 0.6 is 7.82 Å². The summed E-state index contributed by atoms with van der Waals surface area (Å²) in [5, 5.41) is 9.01. The Morgan fingerprint density at radius 1 is 0.895 bits per heavy atom. The highest BCUT2D eigenvalue weighted by Crippen LogP contribution is 2.42. The minimum atomic E-state index is -4.16. The van der Waals surface area contributed by atoms with Crippen LogP contribution in [-0.2, 0) is 29.7 Å². The van der Waals surface area contributed by atoms with Crippen LogP contribution in [0.4, 0.5) is 4.39 Å². The number of nitriles is 1. The summed E-state index contributed by atoms with van der Waals surface area (Å²) in [6, 6.07) is 5.86. The van der Waals surface area contributed by atoms with Gasteiger partial charge in [0.05, 0.1) is 31.5 Å². The average molecular weight is 558 g/mol. The molecule has 218 valence electrons. The molecule has 7 nitrogen and oxygen atoms in total. The van der Waals surface area contributed by atoms with Crippen molar-refractivity contribution in [2.45, 2.75) is 116 Å². The van der Waals surface area contributed by atoms with E-state index in [0.717, 1.165) is 26.0 Å². The molecular weight excluding hydrogens is 508 g/mol. The van der Waals surface area contributed by atoms with E-state index in [1.54, 1.807) is 0 Å². The average Bonchev–Trinajstić information content (AvgIpc) is 2.91. The zero-order chi connectivity index (χ0) is 27.9. The minimum Gasteiger partial charge on any atom is -0.379 e. The van der Waals surface area contributed by atoms with Crippen molar-refractivity contribution < 1.29 is 32.4 Å². The molecule has 1 N–H and O–H groups in total. The number of phosphoric acid groups is 1. The first-order chi connectivity index (χ1) is 18.4. The lowest BCUT2D eigenvalue weighted by molar-refractivity contribution is -0.0500. The molecule has 2 atom stereocenters. The Morgan fingerprint density at radius 2 is 1.45 bits per heavy atom. The van der Waals surface area contributed by atoms with Crippen molar-refractivity contribution in [3.05, 3.63) is 35.1 Å². The summed E-state index contributed by atoms with van der Waals surface area (Å²) < 4.78 is 46.2. The highest BCUT2D eigenvalue weighted by Gasteiger charge is 2.22. The molecule has 0 aliphatic carbocycles. The molecule has 0 heterocycles. The molecular formula is C29H49FNO6P. The molecule has 1 aromatic rings. The number of unbranched alkanes of at least 4 members (excludes halogenated alkanes) is 14. The molecule has 0 aliphatic rings. The van der Waals surface area contributed by atoms with Crippen LogP contribution in [0, 0.1) is 17.1 Å². The number of nitrogens with zero attached hydrogens (tertiary/aromatic N) is 1. The second-order valence-corrected chi connectivity index (χ2v) is 11.4. The fraction of sp³-hybridized carbons (Fsp3) is 0.759. The van der Waals surface area contributed by atoms with Gasteiger partial charge >= 0.3 is 7.82 Å². The Hall–Kier alpha value is -1.33. The first kappa shape index (κ1) is 34.7. The van der Waals surface area contributed by atoms with Gasteiger partial charge in [-0.25, -0.2) is 8.96 Å². The molecule has 0 bridgehead atoms. The maximum Gasteiger partial charge on any atom is 0.472 e. The van der Waals surface area contributed by atoms with Gasteiger partial charge in [-0.15, -0.1) is 0 Å². The van der Waals surface area contributed by atoms with E-state index < -0.39 is 19.7 Å². The summed E-state index contributed by atoms with van der Waals surface area (Å²) in [4.78, 5) is 9.51. The van der Waals surface area contributed by atoms with Gasteiger partial charge in [0.15, 0.2) is 0 Å². The molecule has 1 rings (SSSR count). The van der Waals surface area contributed by atoms with Crippen molar-refractivity contribution in [3.8, 4) is 6.07 Å². The predicted molar refractivity (Wildman–Crippen MR) is 148 cm³/mol. The third-order valence-corrected chi connectivity index (χ3v) is 7.36. The van der Waals surface area contributed by atoms with E-state index >= 15 is 0 Å². The number of benzene rings is 1. The molecule has 1 unspecified atom stereocenters. The first-order valence-corrected chi connectivity index (χ1v) is 15.8. The molecule has 0 spiro atoms. The fourth-order valence-corrected chi connectivity index (χ4v) is 4.64. The van der Waals surface area contributed by atoms with Crippen LogP contribution in [0.1, 0.15) is 114 Å². The number of rotatable bonds is 25. The monoisotopic (exact) mass is 557 g/mol. The third-order valence-electron chi connectivity index (χ3n) is 6.42. The molecule has 0 radical (unpaired) electrons. The summed E-state index contributed by atoms with van der Waals surface area (Å²) in [5.74, 6) is -0.529. The van der Waals surface area contributed by atoms with Crippen molar-refractivity contribution in [1.82, 2.24) is 0 Å². The SMILES string of the molecule is CCCCCCCCCCCCCCCCCOC[C@H](COP(=O)(O)OC)OCc1cc(F)cc(C#N)c1. The van der Waals surface area contributed by atoms with Crippen molar-refractivity contribution >= 4 is 7.82 Å². The second kappa shape index (κ2) is 22.5. The fourth-order valence-electron chi connectivity index (χ4n) is 4.18. The van der Waals surface area contributed by atoms with Crippen LogP contribution in [0.2, 0.25) is 0 Å². The van der Waals surface area contributed by atoms with Gasteiger partial charge < -0.3 is 14.4 Å². The Kier molecular flexibility index (Phi) is 20.5. The molecule has 0 fully saturated rings. The van der Waals surface area contributed by atoms with Gasteiger partial charge in [-0.05, 0) is 30.2 Å². The molecule has 0 aliphatic heterocycles. The van der Waals surface area contributed by atoms with Gasteiger partial charge in [0.2, 0.25) is 0 Å². The van der Waals surface area contributed by atoms with Crippen molar-refractivity contribution in [2.24, 2.45) is 0 Å². The number of halogens is 1. The summed E-state index contributed by atoms with van der Waals surface area (Å²) >= 11 is 0. The lowest BCUT2D eigenvalue weighted by Crippen LogP contribution is -2.25. The topological polar surface area (TPSA) is 98.0 Å². The number of phosphoric ester groups is 1. The summed E-state index contributed by atoms with van der Waals surface area (Å²) in [5.41, 5.74) is 0.674. The Balaban J connectivity index is 2.16. The third kappa shape index (κ3) is 18.8. The van der Waals surface area contributed by atoms with E-state index in [0.29, 0.717) is 12.2 Å². The first-order valence-electron chi connectivity index (χ1n) is 14.3. The summed E-state index contributed by atoms with van der Waals surface area (Å²) in [6.45, 7) is 2.75. The van der Waals surface area contributed by atoms with Gasteiger partial charge in [0, 0.05) is 13.7 Å². The van der Waals surface area contributed by atoms with Gasteiger partial charge in [0.25, 0.3) is 0 Å². The smallest absolute Gasteiger partial charge is 0.379 e. The molecule has 1 aromatic carbocycles. The number of hydrogen-bond donors (Lipinski definition) is 1. The zero-order valence-electron chi connectivity index (χ0n) is 23.5. The van der Waals surface area contributed by atoms with E-state index in [9.17, 15) is 13.8 Å². The molecule has 9 heteroatoms. The number of hydrogen-bond acceptors (Lipinski definition) is 6. The maximum atomic E-state index is 13.7. The Bertz CT molecular complexity index is 819. The molecule has 0 aromatic heterocycles. The van der Waals surface area contributed by atoms with Gasteiger partial charge in [-0.3, -0.25) is 9.05 Å². The molecule has 0 amide bonds. The van der Waals surface area contributed by atoms with E-state index in [2.05, 4.69) is 11.4 Å². The lowest BCUT2D eigenvalue weighted by Gasteiger charge is -2.19. The normalized spacial score (nSPS) is 13.8. The van der Waals surface area contributed by atoms with Crippen molar-refractivity contribution in [1.29, 1.82) is 5.26 Å².